The number of aliphatic hydroxyl groups is 1. The van der Waals surface area contributed by atoms with Crippen molar-refractivity contribution in [2.24, 2.45) is 0 Å². The first-order valence-corrected chi connectivity index (χ1v) is 6.78. The van der Waals surface area contributed by atoms with Crippen molar-refractivity contribution in [1.82, 2.24) is 4.90 Å². The van der Waals surface area contributed by atoms with E-state index >= 15 is 0 Å². The number of anilines is 1. The van der Waals surface area contributed by atoms with Crippen LogP contribution in [-0.4, -0.2) is 48.9 Å². The van der Waals surface area contributed by atoms with Gasteiger partial charge in [-0.3, -0.25) is 4.90 Å². The number of halogens is 4. The fourth-order valence-electron chi connectivity index (χ4n) is 2.44. The lowest BCUT2D eigenvalue weighted by atomic mass is 10.1. The fourth-order valence-corrected chi connectivity index (χ4v) is 2.44. The van der Waals surface area contributed by atoms with Crippen LogP contribution in [0.4, 0.5) is 23.2 Å². The lowest BCUT2D eigenvalue weighted by Gasteiger charge is -2.36. The number of aliphatic hydroxyl groups excluding tert-OH is 1. The van der Waals surface area contributed by atoms with E-state index in [9.17, 15) is 22.7 Å². The molecule has 0 aromatic heterocycles. The van der Waals surface area contributed by atoms with Gasteiger partial charge in [0.2, 0.25) is 0 Å². The molecule has 7 heteroatoms. The largest absolute Gasteiger partial charge is 0.401 e. The van der Waals surface area contributed by atoms with Gasteiger partial charge in [-0.25, -0.2) is 4.39 Å². The molecule has 3 nitrogen and oxygen atoms in total. The van der Waals surface area contributed by atoms with Crippen LogP contribution in [0.3, 0.4) is 0 Å². The highest BCUT2D eigenvalue weighted by Gasteiger charge is 2.32. The summed E-state index contributed by atoms with van der Waals surface area (Å²) in [5, 5.41) is 9.40. The highest BCUT2D eigenvalue weighted by atomic mass is 19.4. The molecule has 118 valence electrons. The van der Waals surface area contributed by atoms with E-state index in [4.69, 9.17) is 0 Å². The minimum absolute atomic E-state index is 0.247. The average molecular weight is 306 g/mol. The third-order valence-electron chi connectivity index (χ3n) is 3.57. The van der Waals surface area contributed by atoms with Crippen LogP contribution in [0.1, 0.15) is 18.6 Å². The molecule has 1 aliphatic heterocycles. The third-order valence-corrected chi connectivity index (χ3v) is 3.57. The molecule has 1 N–H and O–H groups in total. The van der Waals surface area contributed by atoms with Gasteiger partial charge in [0.25, 0.3) is 0 Å². The Bertz CT molecular complexity index is 482. The summed E-state index contributed by atoms with van der Waals surface area (Å²) in [6, 6.07) is 4.46. The van der Waals surface area contributed by atoms with Gasteiger partial charge in [0.05, 0.1) is 18.3 Å². The summed E-state index contributed by atoms with van der Waals surface area (Å²) in [7, 11) is 0. The second kappa shape index (κ2) is 6.19. The van der Waals surface area contributed by atoms with Crippen LogP contribution in [0.15, 0.2) is 18.2 Å². The highest BCUT2D eigenvalue weighted by Crippen LogP contribution is 2.25. The quantitative estimate of drug-likeness (QED) is 0.870. The van der Waals surface area contributed by atoms with Gasteiger partial charge in [-0.05, 0) is 24.6 Å². The van der Waals surface area contributed by atoms with Crippen molar-refractivity contribution in [3.8, 4) is 0 Å². The predicted molar refractivity (Wildman–Crippen MR) is 71.7 cm³/mol. The maximum Gasteiger partial charge on any atom is 0.401 e. The van der Waals surface area contributed by atoms with Crippen molar-refractivity contribution >= 4 is 5.69 Å². The molecular formula is C14H18F4N2O. The number of alkyl halides is 3. The smallest absolute Gasteiger partial charge is 0.389 e. The van der Waals surface area contributed by atoms with Crippen molar-refractivity contribution in [2.75, 3.05) is 37.6 Å². The van der Waals surface area contributed by atoms with Crippen LogP contribution in [0.25, 0.3) is 0 Å². The standard InChI is InChI=1S/C14H18F4N2O/c1-10(21)11-2-3-13(12(15)8-11)20-6-4-19(5-7-20)9-14(16,17)18/h2-3,8,10,21H,4-7,9H2,1H3/t10-/m0/s1. The van der Waals surface area contributed by atoms with Crippen molar-refractivity contribution in [3.63, 3.8) is 0 Å². The zero-order valence-corrected chi connectivity index (χ0v) is 11.7. The second-order valence-electron chi connectivity index (χ2n) is 5.27. The molecule has 2 rings (SSSR count). The van der Waals surface area contributed by atoms with Gasteiger partial charge in [-0.2, -0.15) is 13.2 Å². The minimum atomic E-state index is -4.20. The zero-order valence-electron chi connectivity index (χ0n) is 11.7. The van der Waals surface area contributed by atoms with Crippen molar-refractivity contribution in [3.05, 3.63) is 29.6 Å². The topological polar surface area (TPSA) is 26.7 Å². The summed E-state index contributed by atoms with van der Waals surface area (Å²) in [5.74, 6) is -0.460. The molecule has 1 aliphatic rings. The van der Waals surface area contributed by atoms with Gasteiger partial charge < -0.3 is 10.0 Å². The first-order chi connectivity index (χ1) is 9.76. The van der Waals surface area contributed by atoms with Crippen molar-refractivity contribution in [2.45, 2.75) is 19.2 Å². The van der Waals surface area contributed by atoms with E-state index < -0.39 is 24.6 Å². The van der Waals surface area contributed by atoms with Crippen LogP contribution in [-0.2, 0) is 0 Å². The molecule has 0 unspecified atom stereocenters. The van der Waals surface area contributed by atoms with Crippen LogP contribution in [0, 0.1) is 5.82 Å². The Labute approximate surface area is 120 Å². The molecule has 1 saturated heterocycles. The maximum atomic E-state index is 14.0. The molecule has 1 aromatic carbocycles. The number of hydrogen-bond acceptors (Lipinski definition) is 3. The first-order valence-electron chi connectivity index (χ1n) is 6.78. The van der Waals surface area contributed by atoms with Gasteiger partial charge in [-0.1, -0.05) is 6.07 Å². The molecule has 0 spiro atoms. The van der Waals surface area contributed by atoms with Gasteiger partial charge in [0.15, 0.2) is 0 Å². The SMILES string of the molecule is C[C@H](O)c1ccc(N2CCN(CC(F)(F)F)CC2)c(F)c1. The Hall–Kier alpha value is -1.34. The van der Waals surface area contributed by atoms with Crippen LogP contribution in [0.5, 0.6) is 0 Å². The van der Waals surface area contributed by atoms with E-state index in [2.05, 4.69) is 0 Å². The molecule has 0 bridgehead atoms. The Morgan fingerprint density at radius 1 is 1.19 bits per heavy atom. The number of hydrogen-bond donors (Lipinski definition) is 1. The second-order valence-corrected chi connectivity index (χ2v) is 5.27. The maximum absolute atomic E-state index is 14.0. The van der Waals surface area contributed by atoms with Gasteiger partial charge in [0.1, 0.15) is 5.82 Å². The van der Waals surface area contributed by atoms with Crippen LogP contribution < -0.4 is 4.90 Å². The van der Waals surface area contributed by atoms with Crippen molar-refractivity contribution < 1.29 is 22.7 Å². The van der Waals surface area contributed by atoms with Gasteiger partial charge in [-0.15, -0.1) is 0 Å². The minimum Gasteiger partial charge on any atom is -0.389 e. The van der Waals surface area contributed by atoms with E-state index in [1.165, 1.54) is 11.0 Å². The van der Waals surface area contributed by atoms with Crippen LogP contribution in [0.2, 0.25) is 0 Å². The summed E-state index contributed by atoms with van der Waals surface area (Å²) < 4.78 is 50.9. The van der Waals surface area contributed by atoms with E-state index in [-0.39, 0.29) is 13.1 Å². The number of nitrogens with zero attached hydrogens (tertiary/aromatic N) is 2. The summed E-state index contributed by atoms with van der Waals surface area (Å²) >= 11 is 0. The molecular weight excluding hydrogens is 288 g/mol. The lowest BCUT2D eigenvalue weighted by Crippen LogP contribution is -2.49. The van der Waals surface area contributed by atoms with Crippen molar-refractivity contribution in [1.29, 1.82) is 0 Å². The van der Waals surface area contributed by atoms with E-state index in [1.807, 2.05) is 0 Å². The Morgan fingerprint density at radius 3 is 2.29 bits per heavy atom. The van der Waals surface area contributed by atoms with E-state index in [0.29, 0.717) is 24.3 Å². The van der Waals surface area contributed by atoms with Gasteiger partial charge in [0, 0.05) is 26.2 Å². The molecule has 1 aromatic rings. The van der Waals surface area contributed by atoms with Gasteiger partial charge >= 0.3 is 6.18 Å². The molecule has 0 amide bonds. The molecule has 1 atom stereocenters. The van der Waals surface area contributed by atoms with Crippen LogP contribution >= 0.6 is 0 Å². The normalized spacial score (nSPS) is 18.9. The summed E-state index contributed by atoms with van der Waals surface area (Å²) in [4.78, 5) is 3.05. The predicted octanol–water partition coefficient (Wildman–Crippen LogP) is 2.56. The highest BCUT2D eigenvalue weighted by molar-refractivity contribution is 5.50. The van der Waals surface area contributed by atoms with E-state index in [1.54, 1.807) is 24.0 Å². The average Bonchev–Trinajstić information content (AvgIpc) is 2.38. The fraction of sp³-hybridized carbons (Fsp3) is 0.571. The molecule has 0 saturated carbocycles. The summed E-state index contributed by atoms with van der Waals surface area (Å²) in [6.45, 7) is 1.81. The third kappa shape index (κ3) is 4.31. The number of piperazine rings is 1. The Balaban J connectivity index is 1.99. The monoisotopic (exact) mass is 306 g/mol. The Kier molecular flexibility index (Phi) is 4.73. The molecule has 0 aliphatic carbocycles. The Morgan fingerprint density at radius 2 is 1.81 bits per heavy atom. The molecule has 21 heavy (non-hydrogen) atoms. The number of rotatable bonds is 3. The summed E-state index contributed by atoms with van der Waals surface area (Å²) in [5.41, 5.74) is 0.845. The molecule has 1 fully saturated rings. The lowest BCUT2D eigenvalue weighted by molar-refractivity contribution is -0.146. The number of benzene rings is 1. The molecule has 1 heterocycles. The molecule has 0 radical (unpaired) electrons. The summed E-state index contributed by atoms with van der Waals surface area (Å²) in [6.07, 6.45) is -4.95. The first kappa shape index (κ1) is 16.0. The van der Waals surface area contributed by atoms with E-state index in [0.717, 1.165) is 0 Å². The zero-order chi connectivity index (χ0) is 15.6.